The summed E-state index contributed by atoms with van der Waals surface area (Å²) in [5.74, 6) is -2.40. The Labute approximate surface area is 205 Å². The van der Waals surface area contributed by atoms with Crippen molar-refractivity contribution < 1.29 is 29.0 Å². The van der Waals surface area contributed by atoms with Gasteiger partial charge in [0.25, 0.3) is 6.29 Å². The Morgan fingerprint density at radius 1 is 0.971 bits per heavy atom. The molecule has 0 aliphatic carbocycles. The predicted octanol–water partition coefficient (Wildman–Crippen LogP) is 3.82. The molecule has 0 saturated heterocycles. The number of hydrogen-bond donors (Lipinski definition) is 3. The number of carboxylic acid groups (broad SMARTS) is 1. The predicted molar refractivity (Wildman–Crippen MR) is 131 cm³/mol. The lowest BCUT2D eigenvalue weighted by molar-refractivity contribution is -0.174. The largest absolute Gasteiger partial charge is 0.480 e. The number of carboxylic acids is 1. The van der Waals surface area contributed by atoms with Gasteiger partial charge in [0.05, 0.1) is 0 Å². The van der Waals surface area contributed by atoms with Crippen molar-refractivity contribution in [2.24, 2.45) is 5.92 Å². The summed E-state index contributed by atoms with van der Waals surface area (Å²) in [6, 6.07) is 17.7. The maximum atomic E-state index is 12.4. The van der Waals surface area contributed by atoms with Crippen LogP contribution in [0.4, 0.5) is 4.79 Å². The first kappa shape index (κ1) is 27.4. The molecule has 9 nitrogen and oxygen atoms in total. The van der Waals surface area contributed by atoms with E-state index in [2.05, 4.69) is 5.32 Å². The molecule has 2 aromatic rings. The van der Waals surface area contributed by atoms with Gasteiger partial charge in [-0.05, 0) is 24.0 Å². The summed E-state index contributed by atoms with van der Waals surface area (Å²) in [7, 11) is 1.40. The van der Waals surface area contributed by atoms with Crippen molar-refractivity contribution in [3.05, 3.63) is 71.8 Å². The van der Waals surface area contributed by atoms with Crippen LogP contribution in [0.15, 0.2) is 60.7 Å². The summed E-state index contributed by atoms with van der Waals surface area (Å²) < 4.78 is 10.5. The smallest absolute Gasteiger partial charge is 0.417 e. The van der Waals surface area contributed by atoms with E-state index < -0.39 is 36.3 Å². The number of esters is 1. The van der Waals surface area contributed by atoms with Crippen LogP contribution in [0.2, 0.25) is 0 Å². The molecule has 0 spiro atoms. The average molecular weight is 484 g/mol. The van der Waals surface area contributed by atoms with E-state index in [1.165, 1.54) is 7.05 Å². The molecule has 188 valence electrons. The summed E-state index contributed by atoms with van der Waals surface area (Å²) in [4.78, 5) is 37.5. The van der Waals surface area contributed by atoms with E-state index in [4.69, 9.17) is 14.9 Å². The molecule has 0 bridgehead atoms. The third-order valence-electron chi connectivity index (χ3n) is 5.30. The Bertz CT molecular complexity index is 981. The van der Waals surface area contributed by atoms with E-state index >= 15 is 0 Å². The lowest BCUT2D eigenvalue weighted by Crippen LogP contribution is -2.51. The second-order valence-corrected chi connectivity index (χ2v) is 8.47. The van der Waals surface area contributed by atoms with E-state index in [-0.39, 0.29) is 18.8 Å². The van der Waals surface area contributed by atoms with Crippen LogP contribution in [-0.4, -0.2) is 53.4 Å². The maximum Gasteiger partial charge on any atom is 0.417 e. The van der Waals surface area contributed by atoms with Gasteiger partial charge in [0.15, 0.2) is 0 Å². The highest BCUT2D eigenvalue weighted by Gasteiger charge is 2.28. The zero-order valence-electron chi connectivity index (χ0n) is 20.3. The Balaban J connectivity index is 1.86. The molecule has 2 aromatic carbocycles. The van der Waals surface area contributed by atoms with Crippen molar-refractivity contribution >= 4 is 24.0 Å². The quantitative estimate of drug-likeness (QED) is 0.192. The fourth-order valence-electron chi connectivity index (χ4n) is 3.27. The van der Waals surface area contributed by atoms with Crippen molar-refractivity contribution in [3.63, 3.8) is 0 Å². The molecule has 9 heteroatoms. The molecule has 0 saturated carbocycles. The molecule has 2 unspecified atom stereocenters. The number of alkyl carbamates (subject to hydrolysis) is 1. The summed E-state index contributed by atoms with van der Waals surface area (Å²) in [5.41, 5.74) is 1.90. The number of carbonyl (C=O) groups excluding carboxylic acids is 2. The molecular formula is C26H33N3O6. The van der Waals surface area contributed by atoms with Gasteiger partial charge in [-0.25, -0.2) is 9.59 Å². The van der Waals surface area contributed by atoms with Gasteiger partial charge >= 0.3 is 18.0 Å². The molecule has 0 aliphatic rings. The second-order valence-electron chi connectivity index (χ2n) is 8.47. The molecular weight excluding hydrogens is 450 g/mol. The number of carbonyl (C=O) groups is 3. The van der Waals surface area contributed by atoms with Gasteiger partial charge in [0.2, 0.25) is 5.96 Å². The summed E-state index contributed by atoms with van der Waals surface area (Å²) in [6.07, 6.45) is -0.533. The lowest BCUT2D eigenvalue weighted by atomic mass is 10.1. The third kappa shape index (κ3) is 9.48. The first-order chi connectivity index (χ1) is 16.7. The topological polar surface area (TPSA) is 129 Å². The van der Waals surface area contributed by atoms with Crippen molar-refractivity contribution in [3.8, 4) is 0 Å². The van der Waals surface area contributed by atoms with Crippen LogP contribution in [0.25, 0.3) is 0 Å². The molecule has 0 fully saturated rings. The fraction of sp³-hybridized carbons (Fsp3) is 0.385. The number of benzene rings is 2. The zero-order chi connectivity index (χ0) is 25.8. The van der Waals surface area contributed by atoms with Crippen LogP contribution in [0.1, 0.15) is 37.8 Å². The first-order valence-electron chi connectivity index (χ1n) is 11.5. The van der Waals surface area contributed by atoms with Crippen molar-refractivity contribution in [1.29, 1.82) is 5.41 Å². The highest BCUT2D eigenvalue weighted by molar-refractivity contribution is 5.94. The van der Waals surface area contributed by atoms with Crippen molar-refractivity contribution in [2.75, 3.05) is 7.05 Å². The molecule has 0 aliphatic heterocycles. The van der Waals surface area contributed by atoms with Crippen LogP contribution in [0.5, 0.6) is 0 Å². The summed E-state index contributed by atoms with van der Waals surface area (Å²) in [5, 5.41) is 20.0. The Hall–Kier alpha value is -3.88. The van der Waals surface area contributed by atoms with Gasteiger partial charge in [0.1, 0.15) is 6.04 Å². The number of nitrogens with one attached hydrogen (secondary N) is 2. The van der Waals surface area contributed by atoms with Crippen LogP contribution < -0.4 is 5.32 Å². The van der Waals surface area contributed by atoms with Crippen LogP contribution in [0, 0.1) is 11.3 Å². The minimum absolute atomic E-state index is 0.140. The third-order valence-corrected chi connectivity index (χ3v) is 5.30. The van der Waals surface area contributed by atoms with E-state index in [0.29, 0.717) is 6.42 Å². The summed E-state index contributed by atoms with van der Waals surface area (Å²) in [6.45, 7) is 3.46. The van der Waals surface area contributed by atoms with Gasteiger partial charge in [-0.3, -0.25) is 15.5 Å². The molecule has 35 heavy (non-hydrogen) atoms. The highest BCUT2D eigenvalue weighted by Crippen LogP contribution is 2.13. The molecule has 2 atom stereocenters. The monoisotopic (exact) mass is 483 g/mol. The number of aryl methyl sites for hydroxylation is 1. The number of aliphatic carboxylic acids is 1. The first-order valence-corrected chi connectivity index (χ1v) is 11.5. The molecule has 0 radical (unpaired) electrons. The molecule has 0 aromatic heterocycles. The Morgan fingerprint density at radius 2 is 1.54 bits per heavy atom. The number of guanidine groups is 1. The zero-order valence-corrected chi connectivity index (χ0v) is 20.3. The lowest BCUT2D eigenvalue weighted by Gasteiger charge is -2.27. The molecule has 2 rings (SSSR count). The van der Waals surface area contributed by atoms with E-state index in [0.717, 1.165) is 22.4 Å². The maximum absolute atomic E-state index is 12.4. The molecule has 3 N–H and O–H groups in total. The average Bonchev–Trinajstić information content (AvgIpc) is 2.82. The van der Waals surface area contributed by atoms with Crippen molar-refractivity contribution in [1.82, 2.24) is 10.2 Å². The van der Waals surface area contributed by atoms with Crippen molar-refractivity contribution in [2.45, 2.75) is 51.9 Å². The van der Waals surface area contributed by atoms with Gasteiger partial charge in [-0.2, -0.15) is 0 Å². The number of ether oxygens (including phenoxy) is 2. The standard InChI is InChI=1S/C26H33N3O6/c1-18(2)24(34-22(30)16-10-15-19-11-6-4-7-12-19)35-26(33)28-25(27)29(3)21(23(31)32)17-20-13-8-5-9-14-20/h4-9,11-14,18,21,24H,10,15-17H2,1-3H3,(H,31,32)(H2,27,28,33). The van der Waals surface area contributed by atoms with Crippen LogP contribution >= 0.6 is 0 Å². The van der Waals surface area contributed by atoms with Gasteiger partial charge in [-0.1, -0.05) is 74.5 Å². The SMILES string of the molecule is CC(C)C(OC(=O)CCCc1ccccc1)OC(=O)NC(=N)N(C)C(Cc1ccccc1)C(=O)O. The van der Waals surface area contributed by atoms with Gasteiger partial charge in [0, 0.05) is 25.8 Å². The van der Waals surface area contributed by atoms with Gasteiger partial charge in [-0.15, -0.1) is 0 Å². The normalized spacial score (nSPS) is 12.3. The number of rotatable bonds is 11. The van der Waals surface area contributed by atoms with Gasteiger partial charge < -0.3 is 19.5 Å². The minimum atomic E-state index is -1.14. The van der Waals surface area contributed by atoms with E-state index in [1.54, 1.807) is 38.1 Å². The van der Waals surface area contributed by atoms with Crippen LogP contribution in [-0.2, 0) is 31.9 Å². The Kier molecular flexibility index (Phi) is 10.7. The highest BCUT2D eigenvalue weighted by atomic mass is 16.7. The summed E-state index contributed by atoms with van der Waals surface area (Å²) >= 11 is 0. The minimum Gasteiger partial charge on any atom is -0.480 e. The number of amides is 1. The van der Waals surface area contributed by atoms with E-state index in [9.17, 15) is 19.5 Å². The number of nitrogens with zero attached hydrogens (tertiary/aromatic N) is 1. The van der Waals surface area contributed by atoms with Crippen LogP contribution in [0.3, 0.4) is 0 Å². The van der Waals surface area contributed by atoms with E-state index in [1.807, 2.05) is 36.4 Å². The fourth-order valence-corrected chi connectivity index (χ4v) is 3.27. The Morgan fingerprint density at radius 3 is 2.09 bits per heavy atom. The number of likely N-dealkylation sites (N-methyl/N-ethyl adjacent to an activating group) is 1. The number of hydrogen-bond acceptors (Lipinski definition) is 6. The molecule has 1 amide bonds. The molecule has 0 heterocycles. The second kappa shape index (κ2) is 13.7.